The maximum absolute atomic E-state index is 13.8. The molecule has 222 valence electrons. The van der Waals surface area contributed by atoms with Crippen molar-refractivity contribution < 1.29 is 44.3 Å². The second kappa shape index (κ2) is 10.7. The van der Waals surface area contributed by atoms with Gasteiger partial charge in [0.25, 0.3) is 5.95 Å². The molecule has 2 aromatic carbocycles. The van der Waals surface area contributed by atoms with Crippen LogP contribution in [0.3, 0.4) is 0 Å². The highest BCUT2D eigenvalue weighted by Gasteiger charge is 2.40. The summed E-state index contributed by atoms with van der Waals surface area (Å²) in [7, 11) is 1.37. The normalized spacial score (nSPS) is 16.4. The van der Waals surface area contributed by atoms with Crippen molar-refractivity contribution >= 4 is 28.6 Å². The first-order valence-corrected chi connectivity index (χ1v) is 12.2. The molecule has 1 aliphatic heterocycles. The van der Waals surface area contributed by atoms with Crippen LogP contribution in [0.4, 0.5) is 55.9 Å². The first-order chi connectivity index (χ1) is 18.9. The molecule has 0 spiro atoms. The van der Waals surface area contributed by atoms with Gasteiger partial charge in [-0.1, -0.05) is 11.2 Å². The van der Waals surface area contributed by atoms with E-state index in [-0.39, 0.29) is 48.2 Å². The minimum Gasteiger partial charge on any atom is -0.327 e. The van der Waals surface area contributed by atoms with Gasteiger partial charge in [-0.15, -0.1) is 5.10 Å². The second-order valence-corrected chi connectivity index (χ2v) is 9.73. The molecule has 0 bridgehead atoms. The van der Waals surface area contributed by atoms with Gasteiger partial charge in [0.15, 0.2) is 0 Å². The lowest BCUT2D eigenvalue weighted by atomic mass is 9.94. The molecule has 0 unspecified atom stereocenters. The van der Waals surface area contributed by atoms with Crippen molar-refractivity contribution in [1.82, 2.24) is 20.2 Å². The molecule has 4 rings (SSSR count). The standard InChI is InChI=1S/C24H20ClF9N6O/c1-12-6-16-18(4-3-5-39(20(25)41)19(16)10-17(12)24(32,33)34)40(21-35-37-38(2)36-21)11-13-7-14(22(26,27)28)9-15(8-13)23(29,30)31/h6-10,18H,3-5,11H2,1-2H3/t18-/m0/s1. The van der Waals surface area contributed by atoms with Crippen LogP contribution in [-0.2, 0) is 32.1 Å². The number of rotatable bonds is 4. The third kappa shape index (κ3) is 6.52. The number of amides is 1. The molecule has 1 aromatic heterocycles. The smallest absolute Gasteiger partial charge is 0.327 e. The van der Waals surface area contributed by atoms with Gasteiger partial charge in [-0.25, -0.2) is 0 Å². The van der Waals surface area contributed by atoms with Gasteiger partial charge < -0.3 is 4.90 Å². The van der Waals surface area contributed by atoms with E-state index in [1.807, 2.05) is 0 Å². The van der Waals surface area contributed by atoms with Crippen LogP contribution in [0.15, 0.2) is 30.3 Å². The zero-order valence-corrected chi connectivity index (χ0v) is 21.9. The summed E-state index contributed by atoms with van der Waals surface area (Å²) in [4.78, 5) is 15.4. The molecule has 0 aliphatic carbocycles. The van der Waals surface area contributed by atoms with Crippen LogP contribution < -0.4 is 9.80 Å². The molecular formula is C24H20ClF9N6O. The molecule has 1 amide bonds. The fraction of sp³-hybridized carbons (Fsp3) is 0.417. The highest BCUT2D eigenvalue weighted by Crippen LogP contribution is 2.44. The molecule has 41 heavy (non-hydrogen) atoms. The van der Waals surface area contributed by atoms with Crippen molar-refractivity contribution in [3.8, 4) is 0 Å². The predicted molar refractivity (Wildman–Crippen MR) is 128 cm³/mol. The molecule has 0 saturated carbocycles. The third-order valence-corrected chi connectivity index (χ3v) is 6.74. The third-order valence-electron chi connectivity index (χ3n) is 6.53. The van der Waals surface area contributed by atoms with Crippen molar-refractivity contribution in [1.29, 1.82) is 0 Å². The average molecular weight is 615 g/mol. The maximum Gasteiger partial charge on any atom is 0.416 e. The number of aromatic nitrogens is 4. The number of nitrogens with zero attached hydrogens (tertiary/aromatic N) is 6. The summed E-state index contributed by atoms with van der Waals surface area (Å²) < 4.78 is 123. The Morgan fingerprint density at radius 3 is 2.07 bits per heavy atom. The van der Waals surface area contributed by atoms with Crippen LogP contribution in [0, 0.1) is 6.92 Å². The number of hydrogen-bond donors (Lipinski definition) is 0. The van der Waals surface area contributed by atoms with Crippen LogP contribution in [0.1, 0.15) is 52.3 Å². The van der Waals surface area contributed by atoms with Gasteiger partial charge in [0.1, 0.15) is 0 Å². The molecule has 1 atom stereocenters. The SMILES string of the molecule is Cc1cc2c(cc1C(F)(F)F)N(C(=O)Cl)CCC[C@@H]2N(Cc1cc(C(F)(F)F)cc(C(F)(F)F)c1)c1nnn(C)n1. The van der Waals surface area contributed by atoms with Crippen LogP contribution in [-0.4, -0.2) is 32.1 Å². The van der Waals surface area contributed by atoms with Gasteiger partial charge in [0.05, 0.1) is 35.5 Å². The van der Waals surface area contributed by atoms with E-state index < -0.39 is 58.7 Å². The summed E-state index contributed by atoms with van der Waals surface area (Å²) in [5, 5.41) is 10.5. The van der Waals surface area contributed by atoms with Gasteiger partial charge in [0.2, 0.25) is 0 Å². The van der Waals surface area contributed by atoms with E-state index in [0.717, 1.165) is 21.8 Å². The number of aryl methyl sites for hydroxylation is 2. The summed E-state index contributed by atoms with van der Waals surface area (Å²) in [6, 6.07) is 1.99. The lowest BCUT2D eigenvalue weighted by Crippen LogP contribution is -2.31. The number of fused-ring (bicyclic) bond motifs is 1. The minimum atomic E-state index is -5.10. The molecule has 0 fully saturated rings. The fourth-order valence-electron chi connectivity index (χ4n) is 4.77. The summed E-state index contributed by atoms with van der Waals surface area (Å²) in [5.41, 5.74) is -4.86. The number of hydrogen-bond acceptors (Lipinski definition) is 5. The minimum absolute atomic E-state index is 0.0126. The molecule has 0 saturated heterocycles. The van der Waals surface area contributed by atoms with Gasteiger partial charge in [-0.2, -0.15) is 44.3 Å². The largest absolute Gasteiger partial charge is 0.416 e. The van der Waals surface area contributed by atoms with Crippen molar-refractivity contribution in [2.24, 2.45) is 7.05 Å². The van der Waals surface area contributed by atoms with Gasteiger partial charge in [-0.05, 0) is 77.5 Å². The van der Waals surface area contributed by atoms with E-state index in [9.17, 15) is 44.3 Å². The molecule has 1 aliphatic rings. The number of anilines is 2. The zero-order valence-electron chi connectivity index (χ0n) is 21.2. The number of tetrazole rings is 1. The Morgan fingerprint density at radius 2 is 1.59 bits per heavy atom. The van der Waals surface area contributed by atoms with Crippen LogP contribution >= 0.6 is 11.6 Å². The number of benzene rings is 2. The van der Waals surface area contributed by atoms with E-state index in [1.54, 1.807) is 0 Å². The zero-order chi connectivity index (χ0) is 30.5. The summed E-state index contributed by atoms with van der Waals surface area (Å²) in [6.45, 7) is 0.471. The highest BCUT2D eigenvalue weighted by molar-refractivity contribution is 6.66. The van der Waals surface area contributed by atoms with E-state index in [2.05, 4.69) is 15.4 Å². The van der Waals surface area contributed by atoms with Crippen LogP contribution in [0.5, 0.6) is 0 Å². The van der Waals surface area contributed by atoms with Crippen molar-refractivity contribution in [3.63, 3.8) is 0 Å². The summed E-state index contributed by atoms with van der Waals surface area (Å²) in [6.07, 6.45) is -14.7. The number of carbonyl (C=O) groups is 1. The molecule has 7 nitrogen and oxygen atoms in total. The summed E-state index contributed by atoms with van der Waals surface area (Å²) in [5.74, 6) is -0.211. The van der Waals surface area contributed by atoms with E-state index in [4.69, 9.17) is 11.6 Å². The van der Waals surface area contributed by atoms with Crippen molar-refractivity contribution in [2.75, 3.05) is 16.3 Å². The van der Waals surface area contributed by atoms with Crippen LogP contribution in [0.2, 0.25) is 0 Å². The fourth-order valence-corrected chi connectivity index (χ4v) is 4.94. The molecule has 17 heteroatoms. The topological polar surface area (TPSA) is 67.2 Å². The Hall–Kier alpha value is -3.56. The van der Waals surface area contributed by atoms with E-state index in [1.165, 1.54) is 18.9 Å². The number of halogens is 10. The maximum atomic E-state index is 13.8. The monoisotopic (exact) mass is 614 g/mol. The molecule has 0 N–H and O–H groups in total. The Labute approximate surface area is 231 Å². The predicted octanol–water partition coefficient (Wildman–Crippen LogP) is 7.28. The Balaban J connectivity index is 1.92. The van der Waals surface area contributed by atoms with Crippen molar-refractivity contribution in [2.45, 2.75) is 50.9 Å². The average Bonchev–Trinajstić information content (AvgIpc) is 3.18. The van der Waals surface area contributed by atoms with Crippen molar-refractivity contribution in [3.05, 3.63) is 63.7 Å². The Kier molecular flexibility index (Phi) is 7.92. The molecule has 3 aromatic rings. The highest BCUT2D eigenvalue weighted by atomic mass is 35.5. The molecule has 0 radical (unpaired) electrons. The second-order valence-electron chi connectivity index (χ2n) is 9.41. The van der Waals surface area contributed by atoms with E-state index in [0.29, 0.717) is 12.1 Å². The number of alkyl halides is 9. The first-order valence-electron chi connectivity index (χ1n) is 11.8. The Bertz CT molecular complexity index is 1420. The van der Waals surface area contributed by atoms with Gasteiger partial charge in [-0.3, -0.25) is 9.69 Å². The molecule has 2 heterocycles. The number of carbonyl (C=O) groups excluding carboxylic acids is 1. The lowest BCUT2D eigenvalue weighted by Gasteiger charge is -2.32. The quantitative estimate of drug-likeness (QED) is 0.176. The Morgan fingerprint density at radius 1 is 0.976 bits per heavy atom. The summed E-state index contributed by atoms with van der Waals surface area (Å²) >= 11 is 5.70. The van der Waals surface area contributed by atoms with Gasteiger partial charge >= 0.3 is 23.9 Å². The first kappa shape index (κ1) is 30.4. The van der Waals surface area contributed by atoms with Crippen LogP contribution in [0.25, 0.3) is 0 Å². The van der Waals surface area contributed by atoms with Gasteiger partial charge in [0, 0.05) is 13.1 Å². The lowest BCUT2D eigenvalue weighted by molar-refractivity contribution is -0.143. The molecular weight excluding hydrogens is 595 g/mol. The van der Waals surface area contributed by atoms with E-state index >= 15 is 0 Å².